The molecule has 5 heteroatoms. The standard InChI is InChI=1S/C16H16FN3O/c17-12-4-1-3-11(9-12)10-20-16(21)13-5-2-6-14-15(13)19-8-7-18-14/h1-6,9,18-19H,7-8,10H2,(H,20,21). The van der Waals surface area contributed by atoms with Crippen LogP contribution in [0.1, 0.15) is 15.9 Å². The highest BCUT2D eigenvalue weighted by atomic mass is 19.1. The van der Waals surface area contributed by atoms with E-state index >= 15 is 0 Å². The number of halogens is 1. The van der Waals surface area contributed by atoms with E-state index in [4.69, 9.17) is 0 Å². The predicted molar refractivity (Wildman–Crippen MR) is 81.0 cm³/mol. The maximum Gasteiger partial charge on any atom is 0.253 e. The number of benzene rings is 2. The summed E-state index contributed by atoms with van der Waals surface area (Å²) in [6, 6.07) is 11.8. The van der Waals surface area contributed by atoms with Crippen LogP contribution in [-0.2, 0) is 6.54 Å². The number of amides is 1. The van der Waals surface area contributed by atoms with Gasteiger partial charge in [-0.25, -0.2) is 4.39 Å². The van der Waals surface area contributed by atoms with Crippen molar-refractivity contribution in [2.75, 3.05) is 23.7 Å². The number of fused-ring (bicyclic) bond motifs is 1. The normalized spacial score (nSPS) is 12.8. The summed E-state index contributed by atoms with van der Waals surface area (Å²) in [6.07, 6.45) is 0. The molecule has 0 atom stereocenters. The number of carbonyl (C=O) groups excluding carboxylic acids is 1. The number of hydrogen-bond acceptors (Lipinski definition) is 3. The van der Waals surface area contributed by atoms with E-state index in [1.54, 1.807) is 18.2 Å². The molecular formula is C16H16FN3O. The molecule has 3 rings (SSSR count). The Balaban J connectivity index is 1.74. The number of carbonyl (C=O) groups is 1. The summed E-state index contributed by atoms with van der Waals surface area (Å²) in [5.74, 6) is -0.475. The predicted octanol–water partition coefficient (Wildman–Crippen LogP) is 2.59. The van der Waals surface area contributed by atoms with Crippen molar-refractivity contribution in [3.63, 3.8) is 0 Å². The molecule has 0 saturated carbocycles. The second kappa shape index (κ2) is 5.83. The molecule has 1 aliphatic heterocycles. The van der Waals surface area contributed by atoms with E-state index in [0.29, 0.717) is 12.1 Å². The van der Waals surface area contributed by atoms with Crippen molar-refractivity contribution in [1.29, 1.82) is 0 Å². The van der Waals surface area contributed by atoms with Crippen LogP contribution in [-0.4, -0.2) is 19.0 Å². The molecule has 0 bridgehead atoms. The van der Waals surface area contributed by atoms with Gasteiger partial charge in [-0.2, -0.15) is 0 Å². The molecule has 2 aromatic rings. The number of nitrogens with one attached hydrogen (secondary N) is 3. The monoisotopic (exact) mass is 285 g/mol. The number of rotatable bonds is 3. The molecule has 0 aromatic heterocycles. The molecule has 1 amide bonds. The summed E-state index contributed by atoms with van der Waals surface area (Å²) < 4.78 is 13.1. The molecule has 3 N–H and O–H groups in total. The Bertz CT molecular complexity index is 672. The number of anilines is 2. The minimum absolute atomic E-state index is 0.174. The smallest absolute Gasteiger partial charge is 0.253 e. The molecule has 0 aliphatic carbocycles. The highest BCUT2D eigenvalue weighted by Gasteiger charge is 2.16. The van der Waals surface area contributed by atoms with Crippen LogP contribution in [0.25, 0.3) is 0 Å². The molecule has 108 valence electrons. The zero-order valence-electron chi connectivity index (χ0n) is 11.4. The lowest BCUT2D eigenvalue weighted by molar-refractivity contribution is 0.0951. The van der Waals surface area contributed by atoms with Crippen molar-refractivity contribution in [1.82, 2.24) is 5.32 Å². The van der Waals surface area contributed by atoms with Crippen molar-refractivity contribution in [3.05, 3.63) is 59.4 Å². The van der Waals surface area contributed by atoms with Gasteiger partial charge in [-0.3, -0.25) is 4.79 Å². The second-order valence-corrected chi connectivity index (χ2v) is 4.89. The molecule has 0 saturated heterocycles. The fourth-order valence-corrected chi connectivity index (χ4v) is 2.39. The Morgan fingerprint density at radius 2 is 1.95 bits per heavy atom. The first-order valence-corrected chi connectivity index (χ1v) is 6.87. The largest absolute Gasteiger partial charge is 0.382 e. The summed E-state index contributed by atoms with van der Waals surface area (Å²) in [5.41, 5.74) is 3.08. The fraction of sp³-hybridized carbons (Fsp3) is 0.188. The van der Waals surface area contributed by atoms with Gasteiger partial charge in [0.1, 0.15) is 5.82 Å². The van der Waals surface area contributed by atoms with E-state index in [9.17, 15) is 9.18 Å². The molecule has 2 aromatic carbocycles. The molecule has 0 spiro atoms. The first-order chi connectivity index (χ1) is 10.2. The van der Waals surface area contributed by atoms with Gasteiger partial charge in [-0.05, 0) is 29.8 Å². The Hall–Kier alpha value is -2.56. The first-order valence-electron chi connectivity index (χ1n) is 6.87. The zero-order chi connectivity index (χ0) is 14.7. The van der Waals surface area contributed by atoms with Gasteiger partial charge in [0.25, 0.3) is 5.91 Å². The van der Waals surface area contributed by atoms with E-state index in [2.05, 4.69) is 16.0 Å². The Morgan fingerprint density at radius 1 is 1.14 bits per heavy atom. The molecule has 0 fully saturated rings. The van der Waals surface area contributed by atoms with Crippen LogP contribution in [0.4, 0.5) is 15.8 Å². The average molecular weight is 285 g/mol. The van der Waals surface area contributed by atoms with Gasteiger partial charge < -0.3 is 16.0 Å². The maximum atomic E-state index is 13.1. The number of hydrogen-bond donors (Lipinski definition) is 3. The lowest BCUT2D eigenvalue weighted by Crippen LogP contribution is -2.27. The summed E-state index contributed by atoms with van der Waals surface area (Å²) >= 11 is 0. The van der Waals surface area contributed by atoms with E-state index in [1.807, 2.05) is 12.1 Å². The molecule has 0 unspecified atom stereocenters. The van der Waals surface area contributed by atoms with E-state index in [1.165, 1.54) is 12.1 Å². The van der Waals surface area contributed by atoms with Crippen molar-refractivity contribution in [2.45, 2.75) is 6.54 Å². The van der Waals surface area contributed by atoms with Gasteiger partial charge in [0.2, 0.25) is 0 Å². The van der Waals surface area contributed by atoms with E-state index in [0.717, 1.165) is 30.0 Å². The third-order valence-corrected chi connectivity index (χ3v) is 3.39. The minimum atomic E-state index is -0.301. The van der Waals surface area contributed by atoms with Crippen LogP contribution in [0, 0.1) is 5.82 Å². The average Bonchev–Trinajstić information content (AvgIpc) is 2.52. The Labute approximate surface area is 122 Å². The molecular weight excluding hydrogens is 269 g/mol. The van der Waals surface area contributed by atoms with Gasteiger partial charge in [0, 0.05) is 19.6 Å². The first kappa shape index (κ1) is 13.4. The lowest BCUT2D eigenvalue weighted by atomic mass is 10.1. The number of para-hydroxylation sites is 1. The third-order valence-electron chi connectivity index (χ3n) is 3.39. The molecule has 1 heterocycles. The second-order valence-electron chi connectivity index (χ2n) is 4.89. The molecule has 21 heavy (non-hydrogen) atoms. The van der Waals surface area contributed by atoms with Crippen LogP contribution in [0.5, 0.6) is 0 Å². The molecule has 4 nitrogen and oxygen atoms in total. The van der Waals surface area contributed by atoms with Gasteiger partial charge in [0.05, 0.1) is 16.9 Å². The van der Waals surface area contributed by atoms with Crippen molar-refractivity contribution in [3.8, 4) is 0 Å². The lowest BCUT2D eigenvalue weighted by Gasteiger charge is -2.22. The summed E-state index contributed by atoms with van der Waals surface area (Å²) in [5, 5.41) is 9.30. The Kier molecular flexibility index (Phi) is 3.73. The van der Waals surface area contributed by atoms with E-state index < -0.39 is 0 Å². The maximum absolute atomic E-state index is 13.1. The highest BCUT2D eigenvalue weighted by molar-refractivity contribution is 6.02. The van der Waals surface area contributed by atoms with Crippen LogP contribution >= 0.6 is 0 Å². The van der Waals surface area contributed by atoms with Gasteiger partial charge in [0.15, 0.2) is 0 Å². The van der Waals surface area contributed by atoms with Gasteiger partial charge in [-0.15, -0.1) is 0 Å². The Morgan fingerprint density at radius 3 is 2.81 bits per heavy atom. The van der Waals surface area contributed by atoms with Crippen LogP contribution in [0.15, 0.2) is 42.5 Å². The summed E-state index contributed by atoms with van der Waals surface area (Å²) in [4.78, 5) is 12.3. The quantitative estimate of drug-likeness (QED) is 0.812. The van der Waals surface area contributed by atoms with Crippen molar-refractivity contribution in [2.24, 2.45) is 0 Å². The minimum Gasteiger partial charge on any atom is -0.382 e. The summed E-state index contributed by atoms with van der Waals surface area (Å²) in [6.45, 7) is 1.91. The third kappa shape index (κ3) is 2.97. The zero-order valence-corrected chi connectivity index (χ0v) is 11.4. The highest BCUT2D eigenvalue weighted by Crippen LogP contribution is 2.28. The van der Waals surface area contributed by atoms with Crippen LogP contribution in [0.3, 0.4) is 0 Å². The summed E-state index contributed by atoms with van der Waals surface area (Å²) in [7, 11) is 0. The van der Waals surface area contributed by atoms with Crippen molar-refractivity contribution >= 4 is 17.3 Å². The van der Waals surface area contributed by atoms with E-state index in [-0.39, 0.29) is 11.7 Å². The SMILES string of the molecule is O=C(NCc1cccc(F)c1)c1cccc2c1NCCN2. The van der Waals surface area contributed by atoms with Crippen molar-refractivity contribution < 1.29 is 9.18 Å². The topological polar surface area (TPSA) is 53.2 Å². The van der Waals surface area contributed by atoms with Crippen LogP contribution < -0.4 is 16.0 Å². The van der Waals surface area contributed by atoms with Gasteiger partial charge in [-0.1, -0.05) is 18.2 Å². The molecule has 1 aliphatic rings. The van der Waals surface area contributed by atoms with Gasteiger partial charge >= 0.3 is 0 Å². The molecule has 0 radical (unpaired) electrons. The van der Waals surface area contributed by atoms with Crippen LogP contribution in [0.2, 0.25) is 0 Å². The fourth-order valence-electron chi connectivity index (χ4n) is 2.39.